The maximum Gasteiger partial charge on any atom is 0.233 e. The van der Waals surface area contributed by atoms with E-state index in [1.54, 1.807) is 36.5 Å². The van der Waals surface area contributed by atoms with Gasteiger partial charge < -0.3 is 9.64 Å². The zero-order valence-corrected chi connectivity index (χ0v) is 17.6. The van der Waals surface area contributed by atoms with Crippen LogP contribution in [0, 0.1) is 5.82 Å². The van der Waals surface area contributed by atoms with E-state index in [9.17, 15) is 9.18 Å². The lowest BCUT2D eigenvalue weighted by atomic mass is 10.2. The first kappa shape index (κ1) is 20.3. The predicted molar refractivity (Wildman–Crippen MR) is 112 cm³/mol. The Balaban J connectivity index is 1.41. The van der Waals surface area contributed by atoms with Gasteiger partial charge in [0.2, 0.25) is 5.91 Å². The highest BCUT2D eigenvalue weighted by Gasteiger charge is 2.30. The van der Waals surface area contributed by atoms with Gasteiger partial charge in [-0.3, -0.25) is 14.3 Å². The molecule has 1 amide bonds. The number of thioether (sulfide) groups is 1. The Kier molecular flexibility index (Phi) is 5.98. The summed E-state index contributed by atoms with van der Waals surface area (Å²) in [5.41, 5.74) is 1.61. The highest BCUT2D eigenvalue weighted by molar-refractivity contribution is 7.99. The van der Waals surface area contributed by atoms with Gasteiger partial charge in [0, 0.05) is 37.6 Å². The lowest BCUT2D eigenvalue weighted by Crippen LogP contribution is -2.28. The summed E-state index contributed by atoms with van der Waals surface area (Å²) in [5.74, 6) is 0.692. The maximum absolute atomic E-state index is 13.9. The van der Waals surface area contributed by atoms with E-state index in [0.717, 1.165) is 29.4 Å². The minimum Gasteiger partial charge on any atom is -0.494 e. The van der Waals surface area contributed by atoms with Gasteiger partial charge in [0.15, 0.2) is 22.5 Å². The Hall–Kier alpha value is -2.94. The molecule has 4 rings (SSSR count). The Morgan fingerprint density at radius 2 is 2.17 bits per heavy atom. The molecule has 0 aliphatic heterocycles. The van der Waals surface area contributed by atoms with E-state index < -0.39 is 5.82 Å². The molecule has 0 unspecified atom stereocenters. The molecule has 0 N–H and O–H groups in total. The van der Waals surface area contributed by atoms with E-state index in [2.05, 4.69) is 19.7 Å². The molecule has 0 bridgehead atoms. The van der Waals surface area contributed by atoms with Crippen molar-refractivity contribution in [2.75, 3.05) is 19.9 Å². The van der Waals surface area contributed by atoms with Crippen LogP contribution in [0.5, 0.6) is 5.75 Å². The molecule has 0 radical (unpaired) electrons. The molecule has 1 saturated carbocycles. The molecule has 0 saturated heterocycles. The number of halogens is 1. The molecule has 2 aromatic heterocycles. The lowest BCUT2D eigenvalue weighted by Gasteiger charge is -2.17. The number of benzene rings is 1. The standard InChI is InChI=1S/C21H22FN5O2S/c1-26(12-14-5-8-18(29-2)17(22)10-14)19(28)13-30-21-25-24-20(27(21)16-6-7-16)15-4-3-9-23-11-15/h3-5,8-11,16H,6-7,12-13H2,1-2H3. The van der Waals surface area contributed by atoms with E-state index in [0.29, 0.717) is 18.2 Å². The van der Waals surface area contributed by atoms with Crippen LogP contribution in [0.2, 0.25) is 0 Å². The van der Waals surface area contributed by atoms with Gasteiger partial charge in [0.1, 0.15) is 0 Å². The van der Waals surface area contributed by atoms with Crippen molar-refractivity contribution in [2.24, 2.45) is 0 Å². The lowest BCUT2D eigenvalue weighted by molar-refractivity contribution is -0.127. The minimum atomic E-state index is -0.439. The largest absolute Gasteiger partial charge is 0.494 e. The summed E-state index contributed by atoms with van der Waals surface area (Å²) in [6.45, 7) is 0.316. The second kappa shape index (κ2) is 8.83. The van der Waals surface area contributed by atoms with Gasteiger partial charge in [-0.15, -0.1) is 10.2 Å². The summed E-state index contributed by atoms with van der Waals surface area (Å²) in [4.78, 5) is 18.4. The number of ether oxygens (including phenoxy) is 1. The van der Waals surface area contributed by atoms with Crippen LogP contribution in [0.25, 0.3) is 11.4 Å². The van der Waals surface area contributed by atoms with Crippen LogP contribution in [0.3, 0.4) is 0 Å². The Bertz CT molecular complexity index is 1040. The average molecular weight is 428 g/mol. The fourth-order valence-corrected chi connectivity index (χ4v) is 4.08. The molecule has 1 aliphatic carbocycles. The molecule has 30 heavy (non-hydrogen) atoms. The first-order valence-electron chi connectivity index (χ1n) is 9.61. The molecular weight excluding hydrogens is 405 g/mol. The van der Waals surface area contributed by atoms with Crippen LogP contribution >= 0.6 is 11.8 Å². The van der Waals surface area contributed by atoms with Crippen molar-refractivity contribution in [3.63, 3.8) is 0 Å². The van der Waals surface area contributed by atoms with Crippen LogP contribution in [0.15, 0.2) is 47.9 Å². The van der Waals surface area contributed by atoms with Gasteiger partial charge in [0.25, 0.3) is 0 Å². The van der Waals surface area contributed by atoms with Gasteiger partial charge in [-0.25, -0.2) is 4.39 Å². The molecule has 0 spiro atoms. The third-order valence-corrected chi connectivity index (χ3v) is 5.81. The fourth-order valence-electron chi connectivity index (χ4n) is 3.14. The highest BCUT2D eigenvalue weighted by atomic mass is 32.2. The van der Waals surface area contributed by atoms with E-state index >= 15 is 0 Å². The summed E-state index contributed by atoms with van der Waals surface area (Å²) in [6, 6.07) is 8.90. The van der Waals surface area contributed by atoms with Crippen molar-refractivity contribution in [1.82, 2.24) is 24.6 Å². The van der Waals surface area contributed by atoms with Crippen molar-refractivity contribution >= 4 is 17.7 Å². The molecule has 1 aliphatic rings. The number of nitrogens with zero attached hydrogens (tertiary/aromatic N) is 5. The zero-order chi connectivity index (χ0) is 21.1. The number of methoxy groups -OCH3 is 1. The minimum absolute atomic E-state index is 0.0653. The predicted octanol–water partition coefficient (Wildman–Crippen LogP) is 3.57. The van der Waals surface area contributed by atoms with Crippen molar-refractivity contribution in [2.45, 2.75) is 30.6 Å². The number of hydrogen-bond acceptors (Lipinski definition) is 6. The van der Waals surface area contributed by atoms with Crippen molar-refractivity contribution in [3.8, 4) is 17.1 Å². The van der Waals surface area contributed by atoms with Gasteiger partial charge in [0.05, 0.1) is 12.9 Å². The van der Waals surface area contributed by atoms with Gasteiger partial charge in [-0.1, -0.05) is 17.8 Å². The van der Waals surface area contributed by atoms with Crippen molar-refractivity contribution < 1.29 is 13.9 Å². The quantitative estimate of drug-likeness (QED) is 0.512. The molecule has 1 fully saturated rings. The number of carbonyl (C=O) groups excluding carboxylic acids is 1. The smallest absolute Gasteiger partial charge is 0.233 e. The number of carbonyl (C=O) groups is 1. The normalized spacial score (nSPS) is 13.3. The van der Waals surface area contributed by atoms with Crippen LogP contribution in [0.1, 0.15) is 24.4 Å². The molecule has 2 heterocycles. The first-order chi connectivity index (χ1) is 14.6. The number of rotatable bonds is 8. The fraction of sp³-hybridized carbons (Fsp3) is 0.333. The van der Waals surface area contributed by atoms with Crippen molar-refractivity contribution in [3.05, 3.63) is 54.1 Å². The molecule has 7 nitrogen and oxygen atoms in total. The summed E-state index contributed by atoms with van der Waals surface area (Å²) in [5, 5.41) is 9.38. The third kappa shape index (κ3) is 4.46. The second-order valence-corrected chi connectivity index (χ2v) is 8.10. The topological polar surface area (TPSA) is 73.1 Å². The molecule has 3 aromatic rings. The second-order valence-electron chi connectivity index (χ2n) is 7.16. The van der Waals surface area contributed by atoms with Crippen LogP contribution in [-0.2, 0) is 11.3 Å². The Morgan fingerprint density at radius 3 is 2.83 bits per heavy atom. The number of aromatic nitrogens is 4. The van der Waals surface area contributed by atoms with Crippen LogP contribution in [0.4, 0.5) is 4.39 Å². The van der Waals surface area contributed by atoms with E-state index in [1.807, 2.05) is 12.1 Å². The Labute approximate surface area is 178 Å². The van der Waals surface area contributed by atoms with Crippen LogP contribution < -0.4 is 4.74 Å². The molecular formula is C21H22FN5O2S. The molecule has 156 valence electrons. The summed E-state index contributed by atoms with van der Waals surface area (Å²) in [6.07, 6.45) is 5.65. The average Bonchev–Trinajstić information content (AvgIpc) is 3.51. The molecule has 1 aromatic carbocycles. The number of amides is 1. The first-order valence-corrected chi connectivity index (χ1v) is 10.6. The highest BCUT2D eigenvalue weighted by Crippen LogP contribution is 2.40. The van der Waals surface area contributed by atoms with E-state index in [4.69, 9.17) is 4.74 Å². The van der Waals surface area contributed by atoms with Crippen LogP contribution in [-0.4, -0.2) is 50.5 Å². The monoisotopic (exact) mass is 427 g/mol. The number of pyridine rings is 1. The Morgan fingerprint density at radius 1 is 1.33 bits per heavy atom. The number of hydrogen-bond donors (Lipinski definition) is 0. The summed E-state index contributed by atoms with van der Waals surface area (Å²) >= 11 is 1.37. The maximum atomic E-state index is 13.9. The third-order valence-electron chi connectivity index (χ3n) is 4.88. The molecule has 0 atom stereocenters. The summed E-state index contributed by atoms with van der Waals surface area (Å²) < 4.78 is 20.9. The van der Waals surface area contributed by atoms with Crippen molar-refractivity contribution in [1.29, 1.82) is 0 Å². The van der Waals surface area contributed by atoms with E-state index in [1.165, 1.54) is 24.9 Å². The molecule has 9 heteroatoms. The van der Waals surface area contributed by atoms with Gasteiger partial charge >= 0.3 is 0 Å². The van der Waals surface area contributed by atoms with E-state index in [-0.39, 0.29) is 17.4 Å². The SMILES string of the molecule is COc1ccc(CN(C)C(=O)CSc2nnc(-c3cccnc3)n2C2CC2)cc1F. The summed E-state index contributed by atoms with van der Waals surface area (Å²) in [7, 11) is 3.13. The zero-order valence-electron chi connectivity index (χ0n) is 16.8. The van der Waals surface area contributed by atoms with Gasteiger partial charge in [-0.2, -0.15) is 0 Å². The van der Waals surface area contributed by atoms with Gasteiger partial charge in [-0.05, 0) is 42.7 Å².